The van der Waals surface area contributed by atoms with Gasteiger partial charge in [-0.3, -0.25) is 4.79 Å². The zero-order valence-corrected chi connectivity index (χ0v) is 10.2. The quantitative estimate of drug-likeness (QED) is 0.856. The van der Waals surface area contributed by atoms with Gasteiger partial charge >= 0.3 is 0 Å². The molecule has 1 atom stereocenters. The Bertz CT molecular complexity index is 386. The van der Waals surface area contributed by atoms with Crippen LogP contribution < -0.4 is 0 Å². The SMILES string of the molecule is Cc1ccc(C[C@@H]2CCC(=O)N2CCO)cc1. The first-order chi connectivity index (χ1) is 8.20. The van der Waals surface area contributed by atoms with E-state index in [2.05, 4.69) is 31.2 Å². The van der Waals surface area contributed by atoms with Crippen LogP contribution in [0.5, 0.6) is 0 Å². The highest BCUT2D eigenvalue weighted by Crippen LogP contribution is 2.22. The Morgan fingerprint density at radius 3 is 2.71 bits per heavy atom. The largest absolute Gasteiger partial charge is 0.395 e. The van der Waals surface area contributed by atoms with Crippen molar-refractivity contribution in [3.63, 3.8) is 0 Å². The molecule has 1 fully saturated rings. The number of hydrogen-bond donors (Lipinski definition) is 1. The molecule has 0 aromatic heterocycles. The Kier molecular flexibility index (Phi) is 3.79. The van der Waals surface area contributed by atoms with Gasteiger partial charge in [0, 0.05) is 19.0 Å². The molecule has 1 saturated heterocycles. The van der Waals surface area contributed by atoms with Crippen molar-refractivity contribution in [3.05, 3.63) is 35.4 Å². The third kappa shape index (κ3) is 2.86. The van der Waals surface area contributed by atoms with Gasteiger partial charge < -0.3 is 10.0 Å². The summed E-state index contributed by atoms with van der Waals surface area (Å²) >= 11 is 0. The molecule has 0 saturated carbocycles. The first kappa shape index (κ1) is 12.1. The van der Waals surface area contributed by atoms with Crippen molar-refractivity contribution in [1.29, 1.82) is 0 Å². The van der Waals surface area contributed by atoms with Gasteiger partial charge in [0.1, 0.15) is 0 Å². The average Bonchev–Trinajstić information content (AvgIpc) is 2.65. The number of carbonyl (C=O) groups is 1. The molecule has 17 heavy (non-hydrogen) atoms. The van der Waals surface area contributed by atoms with Crippen molar-refractivity contribution < 1.29 is 9.90 Å². The van der Waals surface area contributed by atoms with Crippen LogP contribution in [0.4, 0.5) is 0 Å². The van der Waals surface area contributed by atoms with Gasteiger partial charge in [-0.25, -0.2) is 0 Å². The lowest BCUT2D eigenvalue weighted by atomic mass is 10.0. The molecule has 1 heterocycles. The van der Waals surface area contributed by atoms with E-state index >= 15 is 0 Å². The monoisotopic (exact) mass is 233 g/mol. The minimum absolute atomic E-state index is 0.0517. The van der Waals surface area contributed by atoms with Gasteiger partial charge in [0.2, 0.25) is 5.91 Å². The second-order valence-corrected chi connectivity index (χ2v) is 4.69. The molecule has 1 aromatic carbocycles. The van der Waals surface area contributed by atoms with Crippen LogP contribution >= 0.6 is 0 Å². The highest BCUT2D eigenvalue weighted by atomic mass is 16.3. The van der Waals surface area contributed by atoms with Gasteiger partial charge in [0.15, 0.2) is 0 Å². The molecule has 0 bridgehead atoms. The second-order valence-electron chi connectivity index (χ2n) is 4.69. The zero-order chi connectivity index (χ0) is 12.3. The fourth-order valence-electron chi connectivity index (χ4n) is 2.42. The molecule has 0 unspecified atom stereocenters. The van der Waals surface area contributed by atoms with Crippen molar-refractivity contribution in [2.75, 3.05) is 13.2 Å². The summed E-state index contributed by atoms with van der Waals surface area (Å²) in [6, 6.07) is 8.70. The van der Waals surface area contributed by atoms with Gasteiger partial charge in [-0.2, -0.15) is 0 Å². The van der Waals surface area contributed by atoms with E-state index < -0.39 is 0 Å². The fourth-order valence-corrected chi connectivity index (χ4v) is 2.42. The lowest BCUT2D eigenvalue weighted by Gasteiger charge is -2.24. The summed E-state index contributed by atoms with van der Waals surface area (Å²) in [6.07, 6.45) is 2.43. The molecule has 1 aliphatic rings. The van der Waals surface area contributed by atoms with Crippen LogP contribution in [0.25, 0.3) is 0 Å². The fraction of sp³-hybridized carbons (Fsp3) is 0.500. The van der Waals surface area contributed by atoms with E-state index in [1.165, 1.54) is 11.1 Å². The number of amides is 1. The number of carbonyl (C=O) groups excluding carboxylic acids is 1. The molecule has 1 N–H and O–H groups in total. The van der Waals surface area contributed by atoms with E-state index in [0.717, 1.165) is 12.8 Å². The third-order valence-electron chi connectivity index (χ3n) is 3.39. The summed E-state index contributed by atoms with van der Waals surface area (Å²) < 4.78 is 0. The summed E-state index contributed by atoms with van der Waals surface area (Å²) in [4.78, 5) is 13.5. The van der Waals surface area contributed by atoms with Crippen LogP contribution in [0.15, 0.2) is 24.3 Å². The number of aliphatic hydroxyl groups excluding tert-OH is 1. The molecule has 1 aliphatic heterocycles. The molecule has 3 nitrogen and oxygen atoms in total. The van der Waals surface area contributed by atoms with Crippen molar-refractivity contribution in [1.82, 2.24) is 4.90 Å². The Hall–Kier alpha value is -1.35. The minimum atomic E-state index is 0.0517. The lowest BCUT2D eigenvalue weighted by Crippen LogP contribution is -2.36. The topological polar surface area (TPSA) is 40.5 Å². The molecule has 0 aliphatic carbocycles. The maximum Gasteiger partial charge on any atom is 0.222 e. The second kappa shape index (κ2) is 5.32. The number of β-amino-alcohol motifs (C(OH)–C–C–N with tert-alkyl or cyclic N) is 1. The van der Waals surface area contributed by atoms with E-state index in [9.17, 15) is 4.79 Å². The zero-order valence-electron chi connectivity index (χ0n) is 10.2. The summed E-state index contributed by atoms with van der Waals surface area (Å²) in [7, 11) is 0. The van der Waals surface area contributed by atoms with E-state index in [0.29, 0.717) is 13.0 Å². The maximum atomic E-state index is 11.6. The summed E-state index contributed by atoms with van der Waals surface area (Å²) in [5.74, 6) is 0.177. The summed E-state index contributed by atoms with van der Waals surface area (Å²) in [5, 5.41) is 8.97. The average molecular weight is 233 g/mol. The van der Waals surface area contributed by atoms with Crippen LogP contribution in [0, 0.1) is 6.92 Å². The Labute approximate surface area is 102 Å². The molecule has 2 rings (SSSR count). The number of nitrogens with zero attached hydrogens (tertiary/aromatic N) is 1. The van der Waals surface area contributed by atoms with Gasteiger partial charge in [0.05, 0.1) is 6.61 Å². The van der Waals surface area contributed by atoms with Crippen molar-refractivity contribution in [2.45, 2.75) is 32.2 Å². The Morgan fingerprint density at radius 1 is 1.35 bits per heavy atom. The normalized spacial score (nSPS) is 20.0. The van der Waals surface area contributed by atoms with Gasteiger partial charge in [-0.05, 0) is 25.3 Å². The molecule has 92 valence electrons. The van der Waals surface area contributed by atoms with E-state index in [1.54, 1.807) is 0 Å². The molecule has 0 radical (unpaired) electrons. The molecule has 0 spiro atoms. The van der Waals surface area contributed by atoms with Crippen LogP contribution in [0.1, 0.15) is 24.0 Å². The highest BCUT2D eigenvalue weighted by Gasteiger charge is 2.30. The number of aryl methyl sites for hydroxylation is 1. The minimum Gasteiger partial charge on any atom is -0.395 e. The number of rotatable bonds is 4. The van der Waals surface area contributed by atoms with Crippen LogP contribution in [0.2, 0.25) is 0 Å². The number of hydrogen-bond acceptors (Lipinski definition) is 2. The maximum absolute atomic E-state index is 11.6. The molecule has 3 heteroatoms. The van der Waals surface area contributed by atoms with Crippen molar-refractivity contribution >= 4 is 5.91 Å². The van der Waals surface area contributed by atoms with Crippen molar-refractivity contribution in [2.24, 2.45) is 0 Å². The van der Waals surface area contributed by atoms with Crippen LogP contribution in [-0.4, -0.2) is 35.1 Å². The molecule has 1 amide bonds. The summed E-state index contributed by atoms with van der Waals surface area (Å²) in [6.45, 7) is 2.59. The van der Waals surface area contributed by atoms with Gasteiger partial charge in [0.25, 0.3) is 0 Å². The smallest absolute Gasteiger partial charge is 0.222 e. The first-order valence-corrected chi connectivity index (χ1v) is 6.16. The Balaban J connectivity index is 2.02. The van der Waals surface area contributed by atoms with Gasteiger partial charge in [-0.15, -0.1) is 0 Å². The van der Waals surface area contributed by atoms with E-state index in [-0.39, 0.29) is 18.6 Å². The van der Waals surface area contributed by atoms with E-state index in [4.69, 9.17) is 5.11 Å². The van der Waals surface area contributed by atoms with Gasteiger partial charge in [-0.1, -0.05) is 29.8 Å². The van der Waals surface area contributed by atoms with Crippen LogP contribution in [0.3, 0.4) is 0 Å². The first-order valence-electron chi connectivity index (χ1n) is 6.16. The summed E-state index contributed by atoms with van der Waals surface area (Å²) in [5.41, 5.74) is 2.52. The van der Waals surface area contributed by atoms with Crippen molar-refractivity contribution in [3.8, 4) is 0 Å². The predicted octanol–water partition coefficient (Wildman–Crippen LogP) is 1.52. The molecular weight excluding hydrogens is 214 g/mol. The molecular formula is C14H19NO2. The highest BCUT2D eigenvalue weighted by molar-refractivity contribution is 5.78. The lowest BCUT2D eigenvalue weighted by molar-refractivity contribution is -0.129. The van der Waals surface area contributed by atoms with Crippen LogP contribution in [-0.2, 0) is 11.2 Å². The van der Waals surface area contributed by atoms with E-state index in [1.807, 2.05) is 4.90 Å². The Morgan fingerprint density at radius 2 is 2.06 bits per heavy atom. The predicted molar refractivity (Wildman–Crippen MR) is 66.7 cm³/mol. The standard InChI is InChI=1S/C14H19NO2/c1-11-2-4-12(5-3-11)10-13-6-7-14(17)15(13)8-9-16/h2-5,13,16H,6-10H2,1H3/t13-/m0/s1. The number of benzene rings is 1. The third-order valence-corrected chi connectivity index (χ3v) is 3.39. The molecule has 1 aromatic rings. The number of likely N-dealkylation sites (tertiary alicyclic amines) is 1. The number of aliphatic hydroxyl groups is 1.